The number of thiophene rings is 1. The number of ether oxygens (including phenoxy) is 1. The van der Waals surface area contributed by atoms with Crippen molar-refractivity contribution in [1.29, 1.82) is 0 Å². The Labute approximate surface area is 116 Å². The Morgan fingerprint density at radius 1 is 1.42 bits per heavy atom. The van der Waals surface area contributed by atoms with E-state index in [1.807, 2.05) is 6.92 Å². The molecule has 1 saturated carbocycles. The molecule has 0 atom stereocenters. The summed E-state index contributed by atoms with van der Waals surface area (Å²) in [5, 5.41) is 9.84. The van der Waals surface area contributed by atoms with Gasteiger partial charge in [-0.1, -0.05) is 0 Å². The number of anilines is 2. The maximum absolute atomic E-state index is 5.31. The average Bonchev–Trinajstić information content (AvgIpc) is 2.81. The van der Waals surface area contributed by atoms with Gasteiger partial charge in [0, 0.05) is 19.7 Å². The van der Waals surface area contributed by atoms with Crippen LogP contribution in [0.5, 0.6) is 0 Å². The zero-order valence-electron chi connectivity index (χ0n) is 11.1. The third-order valence-corrected chi connectivity index (χ3v) is 4.24. The summed E-state index contributed by atoms with van der Waals surface area (Å²) in [5.74, 6) is 1.63. The van der Waals surface area contributed by atoms with Crippen molar-refractivity contribution in [1.82, 2.24) is 9.97 Å². The Morgan fingerprint density at radius 2 is 2.26 bits per heavy atom. The summed E-state index contributed by atoms with van der Waals surface area (Å²) in [6.07, 6.45) is 2.48. The van der Waals surface area contributed by atoms with Gasteiger partial charge in [-0.15, -0.1) is 11.3 Å². The van der Waals surface area contributed by atoms with E-state index >= 15 is 0 Å². The second-order valence-electron chi connectivity index (χ2n) is 4.74. The zero-order valence-corrected chi connectivity index (χ0v) is 12.0. The molecule has 2 aromatic rings. The van der Waals surface area contributed by atoms with Gasteiger partial charge in [0.2, 0.25) is 5.95 Å². The van der Waals surface area contributed by atoms with Crippen molar-refractivity contribution in [2.24, 2.45) is 0 Å². The minimum atomic E-state index is 0.394. The molecule has 0 saturated heterocycles. The van der Waals surface area contributed by atoms with E-state index in [0.717, 1.165) is 35.4 Å². The van der Waals surface area contributed by atoms with Crippen molar-refractivity contribution in [3.63, 3.8) is 0 Å². The van der Waals surface area contributed by atoms with Gasteiger partial charge in [0.15, 0.2) is 0 Å². The van der Waals surface area contributed by atoms with Gasteiger partial charge in [0.1, 0.15) is 10.6 Å². The second-order valence-corrected chi connectivity index (χ2v) is 5.63. The monoisotopic (exact) mass is 278 g/mol. The van der Waals surface area contributed by atoms with Crippen LogP contribution >= 0.6 is 11.3 Å². The number of nitrogens with zero attached hydrogens (tertiary/aromatic N) is 2. The summed E-state index contributed by atoms with van der Waals surface area (Å²) < 4.78 is 5.31. The van der Waals surface area contributed by atoms with Crippen molar-refractivity contribution in [3.8, 4) is 0 Å². The fraction of sp³-hybridized carbons (Fsp3) is 0.538. The van der Waals surface area contributed by atoms with Gasteiger partial charge in [0.05, 0.1) is 11.5 Å². The summed E-state index contributed by atoms with van der Waals surface area (Å²) in [6, 6.07) is 2.53. The van der Waals surface area contributed by atoms with Gasteiger partial charge in [-0.3, -0.25) is 0 Å². The van der Waals surface area contributed by atoms with Gasteiger partial charge in [-0.2, -0.15) is 4.98 Å². The molecule has 1 aliphatic carbocycles. The highest BCUT2D eigenvalue weighted by Gasteiger charge is 2.29. The van der Waals surface area contributed by atoms with E-state index in [9.17, 15) is 0 Å². The van der Waals surface area contributed by atoms with Crippen molar-refractivity contribution in [2.75, 3.05) is 24.3 Å². The smallest absolute Gasteiger partial charge is 0.226 e. The Kier molecular flexibility index (Phi) is 3.52. The summed E-state index contributed by atoms with van der Waals surface area (Å²) in [7, 11) is 1.77. The Hall–Kier alpha value is -1.40. The third-order valence-electron chi connectivity index (χ3n) is 3.43. The number of aromatic nitrogens is 2. The van der Waals surface area contributed by atoms with Crippen molar-refractivity contribution in [2.45, 2.75) is 31.9 Å². The lowest BCUT2D eigenvalue weighted by Gasteiger charge is -2.35. The lowest BCUT2D eigenvalue weighted by molar-refractivity contribution is 0.0328. The summed E-state index contributed by atoms with van der Waals surface area (Å²) in [5.41, 5.74) is 0. The SMILES string of the molecule is CCNc1nc(NC2CC(OC)C2)c2ccsc2n1. The molecule has 2 heterocycles. The number of hydrogen-bond acceptors (Lipinski definition) is 6. The van der Waals surface area contributed by atoms with Crippen LogP contribution in [0, 0.1) is 0 Å². The second kappa shape index (κ2) is 5.30. The molecule has 0 radical (unpaired) electrons. The van der Waals surface area contributed by atoms with Crippen LogP contribution in [0.25, 0.3) is 10.2 Å². The fourth-order valence-corrected chi connectivity index (χ4v) is 3.04. The first-order valence-corrected chi connectivity index (χ1v) is 7.46. The molecule has 2 N–H and O–H groups in total. The van der Waals surface area contributed by atoms with Crippen molar-refractivity contribution in [3.05, 3.63) is 11.4 Å². The van der Waals surface area contributed by atoms with E-state index in [-0.39, 0.29) is 0 Å². The topological polar surface area (TPSA) is 59.1 Å². The molecule has 0 bridgehead atoms. The molecule has 0 aromatic carbocycles. The molecule has 6 heteroatoms. The van der Waals surface area contributed by atoms with Gasteiger partial charge < -0.3 is 15.4 Å². The molecule has 1 fully saturated rings. The largest absolute Gasteiger partial charge is 0.381 e. The molecule has 0 aliphatic heterocycles. The minimum Gasteiger partial charge on any atom is -0.381 e. The van der Waals surface area contributed by atoms with Gasteiger partial charge in [-0.05, 0) is 31.2 Å². The van der Waals surface area contributed by atoms with E-state index in [0.29, 0.717) is 18.1 Å². The van der Waals surface area contributed by atoms with E-state index in [1.165, 1.54) is 0 Å². The average molecular weight is 278 g/mol. The maximum Gasteiger partial charge on any atom is 0.226 e. The first-order chi connectivity index (χ1) is 9.30. The van der Waals surface area contributed by atoms with Crippen LogP contribution in [0.1, 0.15) is 19.8 Å². The lowest BCUT2D eigenvalue weighted by Crippen LogP contribution is -2.40. The van der Waals surface area contributed by atoms with Crippen molar-refractivity contribution >= 4 is 33.3 Å². The predicted octanol–water partition coefficient (Wildman–Crippen LogP) is 2.71. The lowest BCUT2D eigenvalue weighted by atomic mass is 9.89. The number of methoxy groups -OCH3 is 1. The maximum atomic E-state index is 5.31. The van der Waals surface area contributed by atoms with Crippen LogP contribution in [0.4, 0.5) is 11.8 Å². The first-order valence-electron chi connectivity index (χ1n) is 6.58. The Morgan fingerprint density at radius 3 is 3.00 bits per heavy atom. The molecule has 0 unspecified atom stereocenters. The molecule has 102 valence electrons. The molecular formula is C13H18N4OS. The Bertz CT molecular complexity index is 565. The zero-order chi connectivity index (χ0) is 13.2. The van der Waals surface area contributed by atoms with Gasteiger partial charge >= 0.3 is 0 Å². The highest BCUT2D eigenvalue weighted by Crippen LogP contribution is 2.31. The third kappa shape index (κ3) is 2.50. The summed E-state index contributed by atoms with van der Waals surface area (Å²) in [6.45, 7) is 2.87. The standard InChI is InChI=1S/C13H18N4OS/c1-3-14-13-16-11(10-4-5-19-12(10)17-13)15-8-6-9(7-8)18-2/h4-5,8-9H,3,6-7H2,1-2H3,(H2,14,15,16,17). The number of hydrogen-bond donors (Lipinski definition) is 2. The highest BCUT2D eigenvalue weighted by atomic mass is 32.1. The van der Waals surface area contributed by atoms with Crippen LogP contribution < -0.4 is 10.6 Å². The van der Waals surface area contributed by atoms with E-state index in [1.54, 1.807) is 18.4 Å². The highest BCUT2D eigenvalue weighted by molar-refractivity contribution is 7.16. The van der Waals surface area contributed by atoms with E-state index in [4.69, 9.17) is 4.74 Å². The normalized spacial score (nSPS) is 22.2. The van der Waals surface area contributed by atoms with Gasteiger partial charge in [0.25, 0.3) is 0 Å². The summed E-state index contributed by atoms with van der Waals surface area (Å²) in [4.78, 5) is 10.1. The Balaban J connectivity index is 1.82. The van der Waals surface area contributed by atoms with E-state index < -0.39 is 0 Å². The minimum absolute atomic E-state index is 0.394. The van der Waals surface area contributed by atoms with Gasteiger partial charge in [-0.25, -0.2) is 4.98 Å². The first kappa shape index (κ1) is 12.6. The molecule has 0 spiro atoms. The van der Waals surface area contributed by atoms with Crippen LogP contribution in [-0.4, -0.2) is 35.8 Å². The fourth-order valence-electron chi connectivity index (χ4n) is 2.27. The van der Waals surface area contributed by atoms with E-state index in [2.05, 4.69) is 32.0 Å². The molecule has 2 aromatic heterocycles. The molecule has 3 rings (SSSR count). The predicted molar refractivity (Wildman–Crippen MR) is 79.0 cm³/mol. The van der Waals surface area contributed by atoms with Crippen LogP contribution in [0.15, 0.2) is 11.4 Å². The number of fused-ring (bicyclic) bond motifs is 1. The van der Waals surface area contributed by atoms with Crippen LogP contribution in [0.3, 0.4) is 0 Å². The van der Waals surface area contributed by atoms with Crippen LogP contribution in [-0.2, 0) is 4.74 Å². The van der Waals surface area contributed by atoms with Crippen LogP contribution in [0.2, 0.25) is 0 Å². The molecule has 19 heavy (non-hydrogen) atoms. The quantitative estimate of drug-likeness (QED) is 0.880. The molecular weight excluding hydrogens is 260 g/mol. The summed E-state index contributed by atoms with van der Waals surface area (Å²) >= 11 is 1.64. The number of nitrogens with one attached hydrogen (secondary N) is 2. The molecule has 5 nitrogen and oxygen atoms in total. The molecule has 1 aliphatic rings. The van der Waals surface area contributed by atoms with Crippen molar-refractivity contribution < 1.29 is 4.74 Å². The molecule has 0 amide bonds. The number of rotatable bonds is 5.